The summed E-state index contributed by atoms with van der Waals surface area (Å²) in [5.74, 6) is 0.656. The Kier molecular flexibility index (Phi) is 5.44. The molecule has 140 valence electrons. The third kappa shape index (κ3) is 4.26. The highest BCUT2D eigenvalue weighted by Gasteiger charge is 2.12. The number of hydrogen-bond donors (Lipinski definition) is 1. The number of fused-ring (bicyclic) bond motifs is 1. The van der Waals surface area contributed by atoms with Crippen LogP contribution in [0.5, 0.6) is 0 Å². The zero-order valence-electron chi connectivity index (χ0n) is 15.6. The summed E-state index contributed by atoms with van der Waals surface area (Å²) < 4.78 is 2.01. The number of thioether (sulfide) groups is 1. The van der Waals surface area contributed by atoms with Crippen LogP contribution in [0.4, 0.5) is 0 Å². The molecule has 1 N–H and O–H groups in total. The molecule has 0 saturated carbocycles. The molecule has 1 amide bonds. The van der Waals surface area contributed by atoms with E-state index in [0.29, 0.717) is 17.9 Å². The third-order valence-corrected chi connectivity index (χ3v) is 5.56. The van der Waals surface area contributed by atoms with Crippen molar-refractivity contribution >= 4 is 23.3 Å². The normalized spacial score (nSPS) is 10.9. The van der Waals surface area contributed by atoms with Crippen LogP contribution in [0.3, 0.4) is 0 Å². The number of imidazole rings is 1. The highest BCUT2D eigenvalue weighted by Crippen LogP contribution is 2.26. The van der Waals surface area contributed by atoms with Gasteiger partial charge in [0.05, 0.1) is 11.3 Å². The lowest BCUT2D eigenvalue weighted by molar-refractivity contribution is 0.0948. The molecule has 28 heavy (non-hydrogen) atoms. The first-order valence-electron chi connectivity index (χ1n) is 9.17. The summed E-state index contributed by atoms with van der Waals surface area (Å²) in [5.41, 5.74) is 4.91. The molecule has 0 radical (unpaired) electrons. The van der Waals surface area contributed by atoms with E-state index in [2.05, 4.69) is 29.4 Å². The first kappa shape index (κ1) is 18.3. The minimum absolute atomic E-state index is 0.0559. The summed E-state index contributed by atoms with van der Waals surface area (Å²) in [6.07, 6.45) is 4.02. The summed E-state index contributed by atoms with van der Waals surface area (Å²) >= 11 is 1.63. The highest BCUT2D eigenvalue weighted by atomic mass is 32.2. The van der Waals surface area contributed by atoms with Gasteiger partial charge in [-0.1, -0.05) is 48.0 Å². The fourth-order valence-electron chi connectivity index (χ4n) is 3.09. The number of rotatable bonds is 6. The number of carbonyl (C=O) groups is 1. The van der Waals surface area contributed by atoms with Crippen LogP contribution in [0.15, 0.2) is 84.0 Å². The van der Waals surface area contributed by atoms with Gasteiger partial charge in [-0.15, -0.1) is 11.8 Å². The van der Waals surface area contributed by atoms with Gasteiger partial charge in [0.1, 0.15) is 5.65 Å². The summed E-state index contributed by atoms with van der Waals surface area (Å²) in [7, 11) is 0. The van der Waals surface area contributed by atoms with Gasteiger partial charge in [0.25, 0.3) is 5.91 Å². The molecular weight excluding hydrogens is 366 g/mol. The van der Waals surface area contributed by atoms with E-state index in [1.165, 1.54) is 5.56 Å². The molecule has 0 saturated heterocycles. The van der Waals surface area contributed by atoms with Crippen LogP contribution in [-0.2, 0) is 12.3 Å². The highest BCUT2D eigenvalue weighted by molar-refractivity contribution is 7.98. The van der Waals surface area contributed by atoms with Gasteiger partial charge in [0.15, 0.2) is 0 Å². The van der Waals surface area contributed by atoms with Gasteiger partial charge in [-0.3, -0.25) is 4.79 Å². The van der Waals surface area contributed by atoms with E-state index in [1.807, 2.05) is 71.4 Å². The van der Waals surface area contributed by atoms with Crippen molar-refractivity contribution < 1.29 is 4.79 Å². The second-order valence-electron chi connectivity index (χ2n) is 6.65. The third-order valence-electron chi connectivity index (χ3n) is 4.46. The first-order valence-corrected chi connectivity index (χ1v) is 10.2. The molecule has 2 aromatic heterocycles. The van der Waals surface area contributed by atoms with Crippen molar-refractivity contribution in [3.05, 3.63) is 102 Å². The van der Waals surface area contributed by atoms with Gasteiger partial charge in [0, 0.05) is 29.6 Å². The standard InChI is InChI=1S/C23H21N3OS/c1-17-7-6-8-18(13-17)14-24-23(27)20-9-2-3-10-21(20)28-16-19-15-26-12-5-4-11-22(26)25-19/h2-13,15H,14,16H2,1H3,(H,24,27). The maximum Gasteiger partial charge on any atom is 0.252 e. The Labute approximate surface area is 168 Å². The fraction of sp³-hybridized carbons (Fsp3) is 0.130. The predicted octanol–water partition coefficient (Wildman–Crippen LogP) is 4.87. The van der Waals surface area contributed by atoms with Gasteiger partial charge in [0.2, 0.25) is 0 Å². The van der Waals surface area contributed by atoms with Crippen molar-refractivity contribution in [1.29, 1.82) is 0 Å². The van der Waals surface area contributed by atoms with Crippen molar-refractivity contribution in [2.24, 2.45) is 0 Å². The van der Waals surface area contributed by atoms with Crippen molar-refractivity contribution in [3.63, 3.8) is 0 Å². The smallest absolute Gasteiger partial charge is 0.252 e. The Hall–Kier alpha value is -3.05. The molecule has 0 bridgehead atoms. The van der Waals surface area contributed by atoms with Crippen LogP contribution in [0.1, 0.15) is 27.2 Å². The first-order chi connectivity index (χ1) is 13.7. The molecule has 5 heteroatoms. The Morgan fingerprint density at radius 1 is 1.07 bits per heavy atom. The molecule has 0 aliphatic carbocycles. The van der Waals surface area contributed by atoms with E-state index < -0.39 is 0 Å². The van der Waals surface area contributed by atoms with E-state index in [4.69, 9.17) is 0 Å². The second-order valence-corrected chi connectivity index (χ2v) is 7.67. The fourth-order valence-corrected chi connectivity index (χ4v) is 4.02. The van der Waals surface area contributed by atoms with Crippen molar-refractivity contribution in [2.75, 3.05) is 0 Å². The lowest BCUT2D eigenvalue weighted by atomic mass is 10.1. The Morgan fingerprint density at radius 3 is 2.79 bits per heavy atom. The lowest BCUT2D eigenvalue weighted by Gasteiger charge is -2.10. The zero-order chi connectivity index (χ0) is 19.3. The van der Waals surface area contributed by atoms with Crippen LogP contribution in [0.25, 0.3) is 5.65 Å². The molecule has 2 aromatic carbocycles. The Morgan fingerprint density at radius 2 is 1.93 bits per heavy atom. The molecule has 2 heterocycles. The number of pyridine rings is 1. The number of nitrogens with zero attached hydrogens (tertiary/aromatic N) is 2. The Bertz CT molecular complexity index is 1090. The summed E-state index contributed by atoms with van der Waals surface area (Å²) in [4.78, 5) is 18.3. The molecule has 4 rings (SSSR count). The van der Waals surface area contributed by atoms with Crippen LogP contribution in [-0.4, -0.2) is 15.3 Å². The van der Waals surface area contributed by atoms with Gasteiger partial charge in [-0.05, 0) is 36.8 Å². The molecule has 0 fully saturated rings. The van der Waals surface area contributed by atoms with Gasteiger partial charge in [-0.2, -0.15) is 0 Å². The average molecular weight is 388 g/mol. The molecule has 0 spiro atoms. The van der Waals surface area contributed by atoms with Gasteiger partial charge in [-0.25, -0.2) is 4.98 Å². The van der Waals surface area contributed by atoms with E-state index in [-0.39, 0.29) is 5.91 Å². The predicted molar refractivity (Wildman–Crippen MR) is 114 cm³/mol. The van der Waals surface area contributed by atoms with Crippen LogP contribution >= 0.6 is 11.8 Å². The van der Waals surface area contributed by atoms with E-state index in [0.717, 1.165) is 21.8 Å². The number of amides is 1. The Balaban J connectivity index is 1.44. The quantitative estimate of drug-likeness (QED) is 0.480. The monoisotopic (exact) mass is 387 g/mol. The largest absolute Gasteiger partial charge is 0.348 e. The molecule has 0 aliphatic heterocycles. The van der Waals surface area contributed by atoms with Crippen LogP contribution in [0, 0.1) is 6.92 Å². The van der Waals surface area contributed by atoms with Crippen molar-refractivity contribution in [3.8, 4) is 0 Å². The summed E-state index contributed by atoms with van der Waals surface area (Å²) in [6.45, 7) is 2.57. The minimum Gasteiger partial charge on any atom is -0.348 e. The van der Waals surface area contributed by atoms with Crippen LogP contribution in [0.2, 0.25) is 0 Å². The number of benzene rings is 2. The molecule has 0 unspecified atom stereocenters. The number of carbonyl (C=O) groups excluding carboxylic acids is 1. The van der Waals surface area contributed by atoms with Gasteiger partial charge < -0.3 is 9.72 Å². The number of aryl methyl sites for hydroxylation is 1. The van der Waals surface area contributed by atoms with Crippen LogP contribution < -0.4 is 5.32 Å². The SMILES string of the molecule is Cc1cccc(CNC(=O)c2ccccc2SCc2cn3ccccc3n2)c1. The summed E-state index contributed by atoms with van der Waals surface area (Å²) in [5, 5.41) is 3.03. The zero-order valence-corrected chi connectivity index (χ0v) is 16.4. The number of hydrogen-bond acceptors (Lipinski definition) is 3. The minimum atomic E-state index is -0.0559. The van der Waals surface area contributed by atoms with Crippen molar-refractivity contribution in [1.82, 2.24) is 14.7 Å². The topological polar surface area (TPSA) is 46.4 Å². The second kappa shape index (κ2) is 8.31. The molecule has 4 nitrogen and oxygen atoms in total. The molecule has 0 aliphatic rings. The molecule has 0 atom stereocenters. The molecule has 4 aromatic rings. The average Bonchev–Trinajstić information content (AvgIpc) is 3.14. The number of nitrogens with one attached hydrogen (secondary N) is 1. The van der Waals surface area contributed by atoms with Gasteiger partial charge >= 0.3 is 0 Å². The van der Waals surface area contributed by atoms with E-state index in [9.17, 15) is 4.79 Å². The van der Waals surface area contributed by atoms with E-state index >= 15 is 0 Å². The number of aromatic nitrogens is 2. The summed E-state index contributed by atoms with van der Waals surface area (Å²) in [6, 6.07) is 21.8. The maximum atomic E-state index is 12.7. The van der Waals surface area contributed by atoms with E-state index in [1.54, 1.807) is 11.8 Å². The maximum absolute atomic E-state index is 12.7. The molecular formula is C23H21N3OS. The van der Waals surface area contributed by atoms with Crippen molar-refractivity contribution in [2.45, 2.75) is 24.1 Å². The lowest BCUT2D eigenvalue weighted by Crippen LogP contribution is -2.23.